The molecule has 78 valence electrons. The summed E-state index contributed by atoms with van der Waals surface area (Å²) >= 11 is 0. The fourth-order valence-electron chi connectivity index (χ4n) is 0.904. The Kier molecular flexibility index (Phi) is 5.66. The zero-order valence-corrected chi connectivity index (χ0v) is 8.75. The second-order valence-corrected chi connectivity index (χ2v) is 2.56. The highest BCUT2D eigenvalue weighted by atomic mass is 16.9. The van der Waals surface area contributed by atoms with Crippen molar-refractivity contribution in [3.63, 3.8) is 0 Å². The molecule has 0 saturated carbocycles. The normalized spacial score (nSPS) is 11.4. The van der Waals surface area contributed by atoms with E-state index < -0.39 is 5.97 Å². The zero-order chi connectivity index (χ0) is 10.3. The summed E-state index contributed by atoms with van der Waals surface area (Å²) < 4.78 is 15.3. The molecule has 0 N–H and O–H groups in total. The molecule has 4 nitrogen and oxygen atoms in total. The van der Waals surface area contributed by atoms with Gasteiger partial charge in [0.05, 0.1) is 13.2 Å². The molecule has 4 heteroatoms. The highest BCUT2D eigenvalue weighted by Gasteiger charge is 2.29. The minimum atomic E-state index is -1.23. The first-order valence-corrected chi connectivity index (χ1v) is 4.57. The van der Waals surface area contributed by atoms with Crippen LogP contribution in [0.3, 0.4) is 0 Å². The molecule has 0 aliphatic carbocycles. The third-order valence-corrected chi connectivity index (χ3v) is 1.40. The van der Waals surface area contributed by atoms with Crippen molar-refractivity contribution in [2.24, 2.45) is 0 Å². The lowest BCUT2D eigenvalue weighted by Crippen LogP contribution is -2.37. The monoisotopic (exact) mass is 190 g/mol. The minimum absolute atomic E-state index is 0.315. The number of ether oxygens (including phenoxy) is 3. The first-order chi connectivity index (χ1) is 6.08. The second-order valence-electron chi connectivity index (χ2n) is 2.56. The largest absolute Gasteiger partial charge is 0.408 e. The molecule has 0 saturated heterocycles. The van der Waals surface area contributed by atoms with Crippen LogP contribution in [0.5, 0.6) is 0 Å². The molecule has 0 aliphatic heterocycles. The third-order valence-electron chi connectivity index (χ3n) is 1.40. The van der Waals surface area contributed by atoms with Gasteiger partial charge in [-0.05, 0) is 13.8 Å². The van der Waals surface area contributed by atoms with Crippen LogP contribution in [-0.4, -0.2) is 25.2 Å². The molecule has 0 bridgehead atoms. The van der Waals surface area contributed by atoms with E-state index in [1.165, 1.54) is 0 Å². The maximum atomic E-state index is 11.0. The van der Waals surface area contributed by atoms with Crippen LogP contribution in [-0.2, 0) is 19.0 Å². The Morgan fingerprint density at radius 3 is 1.92 bits per heavy atom. The van der Waals surface area contributed by atoms with Crippen LogP contribution in [0, 0.1) is 0 Å². The van der Waals surface area contributed by atoms with E-state index in [-0.39, 0.29) is 5.97 Å². The van der Waals surface area contributed by atoms with E-state index in [0.29, 0.717) is 19.6 Å². The van der Waals surface area contributed by atoms with Gasteiger partial charge in [0, 0.05) is 13.3 Å². The number of carbonyl (C=O) groups excluding carboxylic acids is 1. The molecule has 0 aromatic rings. The van der Waals surface area contributed by atoms with Gasteiger partial charge in [0.2, 0.25) is 0 Å². The fraction of sp³-hybridized carbons (Fsp3) is 0.889. The van der Waals surface area contributed by atoms with Crippen LogP contribution < -0.4 is 0 Å². The van der Waals surface area contributed by atoms with Gasteiger partial charge in [0.25, 0.3) is 0 Å². The maximum Gasteiger partial charge on any atom is 0.326 e. The van der Waals surface area contributed by atoms with Crippen LogP contribution in [0.25, 0.3) is 0 Å². The van der Waals surface area contributed by atoms with Gasteiger partial charge in [-0.3, -0.25) is 4.79 Å². The number of hydrogen-bond acceptors (Lipinski definition) is 4. The van der Waals surface area contributed by atoms with Crippen LogP contribution in [0.2, 0.25) is 0 Å². The van der Waals surface area contributed by atoms with Gasteiger partial charge in [-0.25, -0.2) is 0 Å². The quantitative estimate of drug-likeness (QED) is 0.472. The lowest BCUT2D eigenvalue weighted by atomic mass is 10.5. The van der Waals surface area contributed by atoms with Crippen LogP contribution in [0.1, 0.15) is 34.1 Å². The van der Waals surface area contributed by atoms with Crippen molar-refractivity contribution >= 4 is 5.97 Å². The second kappa shape index (κ2) is 5.94. The van der Waals surface area contributed by atoms with Crippen molar-refractivity contribution in [3.05, 3.63) is 0 Å². The summed E-state index contributed by atoms with van der Waals surface area (Å²) in [5, 5.41) is 0. The Hall–Kier alpha value is -0.610. The zero-order valence-electron chi connectivity index (χ0n) is 8.75. The van der Waals surface area contributed by atoms with E-state index in [9.17, 15) is 4.79 Å². The molecule has 0 unspecified atom stereocenters. The maximum absolute atomic E-state index is 11.0. The Balaban J connectivity index is 4.13. The van der Waals surface area contributed by atoms with Crippen LogP contribution in [0.4, 0.5) is 0 Å². The van der Waals surface area contributed by atoms with Gasteiger partial charge in [-0.15, -0.1) is 0 Å². The van der Waals surface area contributed by atoms with Crippen molar-refractivity contribution in [2.45, 2.75) is 40.1 Å². The molecule has 0 aromatic carbocycles. The van der Waals surface area contributed by atoms with Gasteiger partial charge in [-0.2, -0.15) is 0 Å². The molecule has 0 amide bonds. The van der Waals surface area contributed by atoms with Crippen molar-refractivity contribution < 1.29 is 19.0 Å². The molecule has 0 atom stereocenters. The average molecular weight is 190 g/mol. The summed E-state index contributed by atoms with van der Waals surface area (Å²) in [6.45, 7) is 7.82. The molecular weight excluding hydrogens is 172 g/mol. The number of carbonyl (C=O) groups is 1. The lowest BCUT2D eigenvalue weighted by Gasteiger charge is -2.27. The SMILES string of the molecule is CCOC(C)(OCC)OC(=O)CC. The Bertz CT molecular complexity index is 150. The molecule has 0 aliphatic rings. The Labute approximate surface area is 79.2 Å². The Morgan fingerprint density at radius 1 is 1.15 bits per heavy atom. The summed E-state index contributed by atoms with van der Waals surface area (Å²) in [4.78, 5) is 11.0. The highest BCUT2D eigenvalue weighted by molar-refractivity contribution is 5.69. The van der Waals surface area contributed by atoms with E-state index in [1.807, 2.05) is 13.8 Å². The molecular formula is C9H18O4. The summed E-state index contributed by atoms with van der Waals surface area (Å²) in [7, 11) is 0. The van der Waals surface area contributed by atoms with E-state index in [4.69, 9.17) is 14.2 Å². The van der Waals surface area contributed by atoms with Crippen molar-refractivity contribution in [1.29, 1.82) is 0 Å². The summed E-state index contributed by atoms with van der Waals surface area (Å²) in [5.41, 5.74) is 0. The van der Waals surface area contributed by atoms with E-state index >= 15 is 0 Å². The van der Waals surface area contributed by atoms with E-state index in [2.05, 4.69) is 0 Å². The van der Waals surface area contributed by atoms with Crippen LogP contribution in [0.15, 0.2) is 0 Å². The van der Waals surface area contributed by atoms with Crippen LogP contribution >= 0.6 is 0 Å². The topological polar surface area (TPSA) is 44.8 Å². The van der Waals surface area contributed by atoms with E-state index in [0.717, 1.165) is 0 Å². The van der Waals surface area contributed by atoms with Crippen molar-refractivity contribution in [3.8, 4) is 0 Å². The van der Waals surface area contributed by atoms with Gasteiger partial charge < -0.3 is 14.2 Å². The number of esters is 1. The predicted molar refractivity (Wildman–Crippen MR) is 48.0 cm³/mol. The summed E-state index contributed by atoms with van der Waals surface area (Å²) in [5.74, 6) is -1.55. The lowest BCUT2D eigenvalue weighted by molar-refractivity contribution is -0.349. The van der Waals surface area contributed by atoms with Gasteiger partial charge in [0.1, 0.15) is 0 Å². The number of rotatable bonds is 6. The number of hydrogen-bond donors (Lipinski definition) is 0. The third kappa shape index (κ3) is 4.85. The molecule has 0 heterocycles. The molecule has 13 heavy (non-hydrogen) atoms. The summed E-state index contributed by atoms with van der Waals surface area (Å²) in [6.07, 6.45) is 0.315. The Morgan fingerprint density at radius 2 is 1.62 bits per heavy atom. The minimum Gasteiger partial charge on any atom is -0.408 e. The van der Waals surface area contributed by atoms with Gasteiger partial charge in [-0.1, -0.05) is 6.92 Å². The molecule has 0 rings (SSSR count). The average Bonchev–Trinajstić information content (AvgIpc) is 2.04. The molecule has 0 spiro atoms. The fourth-order valence-corrected chi connectivity index (χ4v) is 0.904. The molecule has 0 fully saturated rings. The summed E-state index contributed by atoms with van der Waals surface area (Å²) in [6, 6.07) is 0. The van der Waals surface area contributed by atoms with Gasteiger partial charge >= 0.3 is 11.9 Å². The van der Waals surface area contributed by atoms with Crippen molar-refractivity contribution in [1.82, 2.24) is 0 Å². The molecule has 0 radical (unpaired) electrons. The van der Waals surface area contributed by atoms with Crippen molar-refractivity contribution in [2.75, 3.05) is 13.2 Å². The first kappa shape index (κ1) is 12.4. The smallest absolute Gasteiger partial charge is 0.326 e. The first-order valence-electron chi connectivity index (χ1n) is 4.57. The van der Waals surface area contributed by atoms with Gasteiger partial charge in [0.15, 0.2) is 0 Å². The highest BCUT2D eigenvalue weighted by Crippen LogP contribution is 2.15. The molecule has 0 aromatic heterocycles. The predicted octanol–water partition coefficient (Wildman–Crippen LogP) is 1.69. The standard InChI is InChI=1S/C9H18O4/c1-5-8(10)13-9(4,11-6-2)12-7-3/h5-7H2,1-4H3. The van der Waals surface area contributed by atoms with E-state index in [1.54, 1.807) is 13.8 Å².